The number of amides is 2. The molecule has 2 rings (SSSR count). The second kappa shape index (κ2) is 5.38. The van der Waals surface area contributed by atoms with Crippen molar-refractivity contribution in [2.75, 3.05) is 13.2 Å². The van der Waals surface area contributed by atoms with Gasteiger partial charge in [-0.25, -0.2) is 0 Å². The van der Waals surface area contributed by atoms with Crippen LogP contribution in [-0.4, -0.2) is 45.9 Å². The largest absolute Gasteiger partial charge is 0.488 e. The van der Waals surface area contributed by atoms with Crippen molar-refractivity contribution in [1.29, 1.82) is 0 Å². The van der Waals surface area contributed by atoms with Crippen molar-refractivity contribution in [2.24, 2.45) is 0 Å². The van der Waals surface area contributed by atoms with Gasteiger partial charge in [0.25, 0.3) is 0 Å². The fourth-order valence-corrected chi connectivity index (χ4v) is 1.81. The van der Waals surface area contributed by atoms with Gasteiger partial charge in [0, 0.05) is 12.8 Å². The van der Waals surface area contributed by atoms with Crippen LogP contribution in [0.1, 0.15) is 12.8 Å². The van der Waals surface area contributed by atoms with Crippen molar-refractivity contribution in [2.45, 2.75) is 18.6 Å². The van der Waals surface area contributed by atoms with Crippen LogP contribution in [0.25, 0.3) is 0 Å². The Hall–Kier alpha value is -1.92. The van der Waals surface area contributed by atoms with Crippen molar-refractivity contribution in [3.8, 4) is 5.75 Å². The fourth-order valence-electron chi connectivity index (χ4n) is 1.81. The van der Waals surface area contributed by atoms with E-state index in [2.05, 4.69) is 0 Å². The number of rotatable bonds is 5. The van der Waals surface area contributed by atoms with Crippen molar-refractivity contribution in [3.63, 3.8) is 0 Å². The maximum Gasteiger partial charge on any atom is 0.229 e. The number of para-hydroxylation sites is 1. The maximum atomic E-state index is 11.4. The minimum atomic E-state index is -2.26. The van der Waals surface area contributed by atoms with Gasteiger partial charge in [-0.15, -0.1) is 0 Å². The summed E-state index contributed by atoms with van der Waals surface area (Å²) < 4.78 is 5.20. The maximum absolute atomic E-state index is 11.4. The Labute approximate surface area is 110 Å². The predicted molar refractivity (Wildman–Crippen MR) is 65.1 cm³/mol. The second-order valence-corrected chi connectivity index (χ2v) is 4.46. The molecule has 0 aliphatic carbocycles. The number of hydrogen-bond donors (Lipinski definition) is 2. The van der Waals surface area contributed by atoms with Crippen LogP contribution < -0.4 is 4.74 Å². The first-order chi connectivity index (χ1) is 8.98. The van der Waals surface area contributed by atoms with Crippen LogP contribution in [0.5, 0.6) is 5.75 Å². The van der Waals surface area contributed by atoms with Gasteiger partial charge < -0.3 is 14.9 Å². The summed E-state index contributed by atoms with van der Waals surface area (Å²) in [6, 6.07) is 8.64. The lowest BCUT2D eigenvalue weighted by molar-refractivity contribution is -0.195. The van der Waals surface area contributed by atoms with E-state index in [1.54, 1.807) is 30.3 Å². The third kappa shape index (κ3) is 3.52. The first-order valence-electron chi connectivity index (χ1n) is 5.94. The highest BCUT2D eigenvalue weighted by Crippen LogP contribution is 2.16. The Morgan fingerprint density at radius 3 is 2.26 bits per heavy atom. The summed E-state index contributed by atoms with van der Waals surface area (Å²) >= 11 is 0. The molecule has 102 valence electrons. The van der Waals surface area contributed by atoms with E-state index in [4.69, 9.17) is 4.74 Å². The van der Waals surface area contributed by atoms with Crippen molar-refractivity contribution >= 4 is 11.8 Å². The van der Waals surface area contributed by atoms with E-state index in [1.807, 2.05) is 0 Å². The van der Waals surface area contributed by atoms with Gasteiger partial charge in [0.15, 0.2) is 0 Å². The quantitative estimate of drug-likeness (QED) is 0.573. The number of β-amino-alcohol motifs (C(OH)–C–C–N with tert-alkyl or cyclic N) is 2. The summed E-state index contributed by atoms with van der Waals surface area (Å²) in [6.07, 6.45) is 0.239. The van der Waals surface area contributed by atoms with E-state index < -0.39 is 30.8 Å². The zero-order chi connectivity index (χ0) is 13.9. The number of hydrogen-bond acceptors (Lipinski definition) is 5. The lowest BCUT2D eigenvalue weighted by atomic mass is 10.2. The number of likely N-dealkylation sites (tertiary alicyclic amines) is 1. The molecule has 6 nitrogen and oxygen atoms in total. The SMILES string of the molecule is O=C1CCC(=O)N1CC(O)(O)COc1ccccc1. The molecule has 0 saturated carbocycles. The van der Waals surface area contributed by atoms with Crippen LogP contribution in [0.3, 0.4) is 0 Å². The zero-order valence-corrected chi connectivity index (χ0v) is 10.3. The van der Waals surface area contributed by atoms with E-state index in [-0.39, 0.29) is 12.8 Å². The van der Waals surface area contributed by atoms with Crippen molar-refractivity contribution < 1.29 is 24.5 Å². The first kappa shape index (κ1) is 13.5. The third-order valence-electron chi connectivity index (χ3n) is 2.78. The lowest BCUT2D eigenvalue weighted by Crippen LogP contribution is -2.49. The number of aliphatic hydroxyl groups is 2. The Bertz CT molecular complexity index is 455. The van der Waals surface area contributed by atoms with Crippen LogP contribution in [0, 0.1) is 0 Å². The zero-order valence-electron chi connectivity index (χ0n) is 10.3. The van der Waals surface area contributed by atoms with Crippen LogP contribution in [0.4, 0.5) is 0 Å². The number of carbonyl (C=O) groups excluding carboxylic acids is 2. The molecular formula is C13H15NO5. The summed E-state index contributed by atoms with van der Waals surface area (Å²) in [5.41, 5.74) is 0. The third-order valence-corrected chi connectivity index (χ3v) is 2.78. The molecule has 2 amide bonds. The van der Waals surface area contributed by atoms with Gasteiger partial charge >= 0.3 is 0 Å². The van der Waals surface area contributed by atoms with Gasteiger partial charge in [-0.1, -0.05) is 18.2 Å². The van der Waals surface area contributed by atoms with E-state index in [0.29, 0.717) is 5.75 Å². The van der Waals surface area contributed by atoms with Gasteiger partial charge in [0.05, 0.1) is 6.54 Å². The number of ether oxygens (including phenoxy) is 1. The molecule has 0 unspecified atom stereocenters. The highest BCUT2D eigenvalue weighted by molar-refractivity contribution is 6.01. The monoisotopic (exact) mass is 265 g/mol. The molecule has 19 heavy (non-hydrogen) atoms. The molecule has 1 aliphatic heterocycles. The van der Waals surface area contributed by atoms with Crippen LogP contribution in [0.15, 0.2) is 30.3 Å². The Morgan fingerprint density at radius 1 is 1.11 bits per heavy atom. The van der Waals surface area contributed by atoms with E-state index in [9.17, 15) is 19.8 Å². The number of imide groups is 1. The van der Waals surface area contributed by atoms with E-state index in [1.165, 1.54) is 0 Å². The molecule has 0 spiro atoms. The molecule has 2 N–H and O–H groups in total. The average Bonchev–Trinajstić information content (AvgIpc) is 2.69. The number of nitrogens with zero attached hydrogens (tertiary/aromatic N) is 1. The number of benzene rings is 1. The van der Waals surface area contributed by atoms with Crippen LogP contribution in [0.2, 0.25) is 0 Å². The molecule has 1 saturated heterocycles. The highest BCUT2D eigenvalue weighted by atomic mass is 16.6. The second-order valence-electron chi connectivity index (χ2n) is 4.46. The normalized spacial score (nSPS) is 16.0. The van der Waals surface area contributed by atoms with Crippen molar-refractivity contribution in [1.82, 2.24) is 4.90 Å². The molecule has 1 fully saturated rings. The molecule has 1 aromatic rings. The minimum Gasteiger partial charge on any atom is -0.488 e. The van der Waals surface area contributed by atoms with Crippen LogP contribution in [-0.2, 0) is 9.59 Å². The summed E-state index contributed by atoms with van der Waals surface area (Å²) in [4.78, 5) is 23.6. The smallest absolute Gasteiger partial charge is 0.229 e. The Balaban J connectivity index is 1.91. The Morgan fingerprint density at radius 2 is 1.68 bits per heavy atom. The molecule has 1 aromatic carbocycles. The molecule has 1 aliphatic rings. The molecule has 6 heteroatoms. The van der Waals surface area contributed by atoms with Gasteiger partial charge in [-0.2, -0.15) is 0 Å². The minimum absolute atomic E-state index is 0.119. The topological polar surface area (TPSA) is 87.1 Å². The van der Waals surface area contributed by atoms with Gasteiger partial charge in [-0.05, 0) is 12.1 Å². The molecular weight excluding hydrogens is 250 g/mol. The summed E-state index contributed by atoms with van der Waals surface area (Å²) in [5, 5.41) is 19.5. The molecule has 0 bridgehead atoms. The van der Waals surface area contributed by atoms with Gasteiger partial charge in [0.1, 0.15) is 12.4 Å². The van der Waals surface area contributed by atoms with E-state index >= 15 is 0 Å². The standard InChI is InChI=1S/C13H15NO5/c15-11-6-7-12(16)14(11)8-13(17,18)9-19-10-4-2-1-3-5-10/h1-5,17-18H,6-9H2. The highest BCUT2D eigenvalue weighted by Gasteiger charge is 2.36. The lowest BCUT2D eigenvalue weighted by Gasteiger charge is -2.26. The van der Waals surface area contributed by atoms with Gasteiger partial charge in [-0.3, -0.25) is 14.5 Å². The first-order valence-corrected chi connectivity index (χ1v) is 5.94. The molecule has 1 heterocycles. The number of carbonyl (C=O) groups is 2. The fraction of sp³-hybridized carbons (Fsp3) is 0.385. The molecule has 0 radical (unpaired) electrons. The van der Waals surface area contributed by atoms with Crippen molar-refractivity contribution in [3.05, 3.63) is 30.3 Å². The summed E-state index contributed by atoms with van der Waals surface area (Å²) in [7, 11) is 0. The van der Waals surface area contributed by atoms with Crippen LogP contribution >= 0.6 is 0 Å². The predicted octanol–water partition coefficient (Wildman–Crippen LogP) is -0.105. The summed E-state index contributed by atoms with van der Waals surface area (Å²) in [6.45, 7) is -0.897. The van der Waals surface area contributed by atoms with E-state index in [0.717, 1.165) is 4.90 Å². The Kier molecular flexibility index (Phi) is 3.82. The summed E-state index contributed by atoms with van der Waals surface area (Å²) in [5.74, 6) is -2.56. The van der Waals surface area contributed by atoms with Gasteiger partial charge in [0.2, 0.25) is 17.6 Å². The molecule has 0 atom stereocenters. The average molecular weight is 265 g/mol. The molecule has 0 aromatic heterocycles.